The molecule has 5 heteroatoms. The number of nitrogens with two attached hydrogens (primary N) is 1. The number of nitrogens with zero attached hydrogens (tertiary/aromatic N) is 2. The Morgan fingerprint density at radius 3 is 2.53 bits per heavy atom. The lowest BCUT2D eigenvalue weighted by Gasteiger charge is -2.36. The van der Waals surface area contributed by atoms with Gasteiger partial charge >= 0.3 is 0 Å². The number of nitrogen functional groups attached to an aromatic ring is 1. The zero-order chi connectivity index (χ0) is 12.4. The van der Waals surface area contributed by atoms with Gasteiger partial charge in [0.1, 0.15) is 11.5 Å². The number of nitrogens with one attached hydrogen (secondary N) is 1. The highest BCUT2D eigenvalue weighted by Crippen LogP contribution is 2.19. The number of aromatic nitrogens is 1. The zero-order valence-electron chi connectivity index (χ0n) is 10.2. The van der Waals surface area contributed by atoms with E-state index >= 15 is 0 Å². The molecule has 0 amide bonds. The first kappa shape index (κ1) is 11.9. The molecule has 2 rings (SSSR count). The summed E-state index contributed by atoms with van der Waals surface area (Å²) in [5.74, 6) is 0.000244. The van der Waals surface area contributed by atoms with Crippen LogP contribution in [0.25, 0.3) is 0 Å². The molecule has 0 spiro atoms. The highest BCUT2D eigenvalue weighted by molar-refractivity contribution is 5.93. The van der Waals surface area contributed by atoms with Crippen molar-refractivity contribution in [2.75, 3.05) is 18.0 Å². The van der Waals surface area contributed by atoms with Crippen LogP contribution in [0.3, 0.4) is 0 Å². The summed E-state index contributed by atoms with van der Waals surface area (Å²) in [6.07, 6.45) is 2.22. The first-order valence-corrected chi connectivity index (χ1v) is 5.77. The summed E-state index contributed by atoms with van der Waals surface area (Å²) in [5.41, 5.74) is 6.94. The third-order valence-electron chi connectivity index (χ3n) is 2.81. The van der Waals surface area contributed by atoms with E-state index in [0.717, 1.165) is 18.8 Å². The predicted molar refractivity (Wildman–Crippen MR) is 67.5 cm³/mol. The fraction of sp³-hybridized carbons (Fsp3) is 0.500. The van der Waals surface area contributed by atoms with E-state index in [9.17, 15) is 0 Å². The molecule has 0 aromatic carbocycles. The summed E-state index contributed by atoms with van der Waals surface area (Å²) in [7, 11) is 0. The van der Waals surface area contributed by atoms with E-state index in [-0.39, 0.29) is 18.0 Å². The predicted octanol–water partition coefficient (Wildman–Crippen LogP) is 0.979. The molecule has 17 heavy (non-hydrogen) atoms. The fourth-order valence-electron chi connectivity index (χ4n) is 2.12. The maximum Gasteiger partial charge on any atom is 0.141 e. The standard InChI is InChI=1S/C12H18N4O/c1-8-6-16(7-9(2)17-8)10-3-4-11(12(13)14)15-5-10/h3-5,8-9H,6-7H2,1-2H3,(H3,13,14)/t8-,9+. The maximum atomic E-state index is 7.30. The van der Waals surface area contributed by atoms with Crippen molar-refractivity contribution in [3.05, 3.63) is 24.0 Å². The molecule has 0 radical (unpaired) electrons. The van der Waals surface area contributed by atoms with Crippen LogP contribution in [0.4, 0.5) is 5.69 Å². The average Bonchev–Trinajstić information content (AvgIpc) is 2.28. The lowest BCUT2D eigenvalue weighted by molar-refractivity contribution is -0.00523. The number of rotatable bonds is 2. The van der Waals surface area contributed by atoms with E-state index in [0.29, 0.717) is 5.69 Å². The van der Waals surface area contributed by atoms with Crippen LogP contribution in [0.5, 0.6) is 0 Å². The van der Waals surface area contributed by atoms with E-state index in [1.165, 1.54) is 0 Å². The third kappa shape index (κ3) is 2.74. The summed E-state index contributed by atoms with van der Waals surface area (Å²) in [4.78, 5) is 6.42. The van der Waals surface area contributed by atoms with Crippen LogP contribution in [0.15, 0.2) is 18.3 Å². The van der Waals surface area contributed by atoms with Crippen LogP contribution >= 0.6 is 0 Å². The minimum Gasteiger partial charge on any atom is -0.382 e. The van der Waals surface area contributed by atoms with E-state index in [4.69, 9.17) is 15.9 Å². The Hall–Kier alpha value is -1.62. The maximum absolute atomic E-state index is 7.30. The Balaban J connectivity index is 2.14. The highest BCUT2D eigenvalue weighted by Gasteiger charge is 2.22. The van der Waals surface area contributed by atoms with Crippen LogP contribution in [0.1, 0.15) is 19.5 Å². The van der Waals surface area contributed by atoms with Crippen molar-refractivity contribution in [1.82, 2.24) is 4.98 Å². The Kier molecular flexibility index (Phi) is 3.28. The molecule has 0 unspecified atom stereocenters. The number of morpholine rings is 1. The lowest BCUT2D eigenvalue weighted by Crippen LogP contribution is -2.45. The van der Waals surface area contributed by atoms with E-state index in [2.05, 4.69) is 23.7 Å². The molecular weight excluding hydrogens is 216 g/mol. The van der Waals surface area contributed by atoms with Gasteiger partial charge in [-0.3, -0.25) is 10.4 Å². The Morgan fingerprint density at radius 1 is 1.41 bits per heavy atom. The summed E-state index contributed by atoms with van der Waals surface area (Å²) in [6.45, 7) is 5.87. The normalized spacial score (nSPS) is 24.7. The summed E-state index contributed by atoms with van der Waals surface area (Å²) < 4.78 is 5.68. The van der Waals surface area contributed by atoms with Crippen LogP contribution in [0, 0.1) is 5.41 Å². The molecule has 0 saturated carbocycles. The van der Waals surface area contributed by atoms with Crippen LogP contribution in [-0.4, -0.2) is 36.1 Å². The molecule has 3 N–H and O–H groups in total. The molecule has 1 fully saturated rings. The first-order valence-electron chi connectivity index (χ1n) is 5.77. The minimum atomic E-state index is 0.000244. The SMILES string of the molecule is C[C@@H]1CN(c2ccc(C(=N)N)nc2)C[C@H](C)O1. The van der Waals surface area contributed by atoms with Crippen LogP contribution in [0.2, 0.25) is 0 Å². The number of pyridine rings is 1. The van der Waals surface area contributed by atoms with Crippen LogP contribution in [-0.2, 0) is 4.74 Å². The molecule has 0 bridgehead atoms. The van der Waals surface area contributed by atoms with Crippen molar-refractivity contribution in [3.8, 4) is 0 Å². The van der Waals surface area contributed by atoms with Gasteiger partial charge in [-0.25, -0.2) is 0 Å². The van der Waals surface area contributed by atoms with Gasteiger partial charge < -0.3 is 15.4 Å². The molecule has 92 valence electrons. The van der Waals surface area contributed by atoms with Gasteiger partial charge in [0.05, 0.1) is 24.1 Å². The Morgan fingerprint density at radius 2 is 2.06 bits per heavy atom. The average molecular weight is 234 g/mol. The number of ether oxygens (including phenoxy) is 1. The quantitative estimate of drug-likeness (QED) is 0.591. The van der Waals surface area contributed by atoms with E-state index in [1.54, 1.807) is 12.3 Å². The van der Waals surface area contributed by atoms with E-state index < -0.39 is 0 Å². The highest BCUT2D eigenvalue weighted by atomic mass is 16.5. The van der Waals surface area contributed by atoms with Crippen molar-refractivity contribution >= 4 is 11.5 Å². The minimum absolute atomic E-state index is 0.000244. The number of amidine groups is 1. The van der Waals surface area contributed by atoms with Gasteiger partial charge in [-0.2, -0.15) is 0 Å². The second-order valence-electron chi connectivity index (χ2n) is 4.48. The van der Waals surface area contributed by atoms with Gasteiger partial charge in [0.2, 0.25) is 0 Å². The van der Waals surface area contributed by atoms with E-state index in [1.807, 2.05) is 6.07 Å². The van der Waals surface area contributed by atoms with Gasteiger partial charge in [0.25, 0.3) is 0 Å². The topological polar surface area (TPSA) is 75.2 Å². The molecule has 5 nitrogen and oxygen atoms in total. The van der Waals surface area contributed by atoms with Gasteiger partial charge in [0.15, 0.2) is 0 Å². The molecule has 1 aromatic rings. The monoisotopic (exact) mass is 234 g/mol. The van der Waals surface area contributed by atoms with Crippen molar-refractivity contribution in [3.63, 3.8) is 0 Å². The number of hydrogen-bond acceptors (Lipinski definition) is 4. The zero-order valence-corrected chi connectivity index (χ0v) is 10.2. The Bertz CT molecular complexity index is 393. The Labute approximate surface area is 101 Å². The molecule has 1 aromatic heterocycles. The van der Waals surface area contributed by atoms with Gasteiger partial charge in [-0.15, -0.1) is 0 Å². The first-order chi connectivity index (χ1) is 8.06. The number of hydrogen-bond donors (Lipinski definition) is 2. The summed E-state index contributed by atoms with van der Waals surface area (Å²) in [6, 6.07) is 3.73. The van der Waals surface area contributed by atoms with Gasteiger partial charge in [-0.05, 0) is 26.0 Å². The molecule has 0 aliphatic carbocycles. The van der Waals surface area contributed by atoms with Gasteiger partial charge in [-0.1, -0.05) is 0 Å². The second-order valence-corrected chi connectivity index (χ2v) is 4.48. The smallest absolute Gasteiger partial charge is 0.141 e. The van der Waals surface area contributed by atoms with Crippen LogP contribution < -0.4 is 10.6 Å². The van der Waals surface area contributed by atoms with Crippen molar-refractivity contribution in [2.45, 2.75) is 26.1 Å². The molecule has 1 aliphatic heterocycles. The molecule has 1 saturated heterocycles. The molecule has 2 atom stereocenters. The summed E-state index contributed by atoms with van der Waals surface area (Å²) >= 11 is 0. The molecule has 2 heterocycles. The third-order valence-corrected chi connectivity index (χ3v) is 2.81. The number of anilines is 1. The summed E-state index contributed by atoms with van der Waals surface area (Å²) in [5, 5.41) is 7.30. The fourth-order valence-corrected chi connectivity index (χ4v) is 2.12. The largest absolute Gasteiger partial charge is 0.382 e. The lowest BCUT2D eigenvalue weighted by atomic mass is 10.2. The van der Waals surface area contributed by atoms with Crippen molar-refractivity contribution < 1.29 is 4.74 Å². The second kappa shape index (κ2) is 4.71. The molecular formula is C12H18N4O. The van der Waals surface area contributed by atoms with Crippen molar-refractivity contribution in [2.24, 2.45) is 5.73 Å². The van der Waals surface area contributed by atoms with Crippen molar-refractivity contribution in [1.29, 1.82) is 5.41 Å². The van der Waals surface area contributed by atoms with Gasteiger partial charge in [0, 0.05) is 13.1 Å². The molecule has 1 aliphatic rings.